The van der Waals surface area contributed by atoms with E-state index in [2.05, 4.69) is 24.6 Å². The summed E-state index contributed by atoms with van der Waals surface area (Å²) in [7, 11) is -3.35. The van der Waals surface area contributed by atoms with Crippen molar-refractivity contribution in [3.05, 3.63) is 17.5 Å². The smallest absolute Gasteiger partial charge is 0.410 e. The van der Waals surface area contributed by atoms with Gasteiger partial charge in [-0.25, -0.2) is 17.9 Å². The van der Waals surface area contributed by atoms with Gasteiger partial charge in [-0.05, 0) is 58.4 Å². The van der Waals surface area contributed by atoms with E-state index < -0.39 is 15.6 Å². The number of hydrogen-bond acceptors (Lipinski definition) is 6. The monoisotopic (exact) mass is 470 g/mol. The molecule has 1 N–H and O–H groups in total. The van der Waals surface area contributed by atoms with Crippen molar-refractivity contribution in [1.82, 2.24) is 19.4 Å². The molecule has 0 radical (unpaired) electrons. The van der Waals surface area contributed by atoms with E-state index >= 15 is 0 Å². The van der Waals surface area contributed by atoms with Gasteiger partial charge in [0.1, 0.15) is 5.60 Å². The van der Waals surface area contributed by atoms with Crippen LogP contribution in [-0.4, -0.2) is 72.9 Å². The maximum Gasteiger partial charge on any atom is 0.410 e. The van der Waals surface area contributed by atoms with Gasteiger partial charge >= 0.3 is 6.09 Å². The van der Waals surface area contributed by atoms with Gasteiger partial charge in [0.05, 0.1) is 30.7 Å². The molecule has 0 unspecified atom stereocenters. The first-order chi connectivity index (χ1) is 14.8. The molecule has 0 saturated carbocycles. The highest BCUT2D eigenvalue weighted by Crippen LogP contribution is 2.29. The van der Waals surface area contributed by atoms with Gasteiger partial charge in [-0.3, -0.25) is 4.68 Å². The number of carbonyl (C=O) groups excluding carboxylic acids is 1. The Bertz CT molecular complexity index is 898. The first-order valence-electron chi connectivity index (χ1n) is 11.5. The average Bonchev–Trinajstić information content (AvgIpc) is 3.10. The molecule has 0 bridgehead atoms. The summed E-state index contributed by atoms with van der Waals surface area (Å²) in [6, 6.07) is 1.65. The van der Waals surface area contributed by atoms with Crippen molar-refractivity contribution >= 4 is 16.1 Å². The molecule has 1 fully saturated rings. The van der Waals surface area contributed by atoms with Gasteiger partial charge in [0.2, 0.25) is 10.0 Å². The van der Waals surface area contributed by atoms with Crippen LogP contribution < -0.4 is 4.72 Å². The third-order valence-electron chi connectivity index (χ3n) is 5.88. The highest BCUT2D eigenvalue weighted by molar-refractivity contribution is 7.88. The van der Waals surface area contributed by atoms with Crippen LogP contribution in [0.5, 0.6) is 0 Å². The lowest BCUT2D eigenvalue weighted by Crippen LogP contribution is -2.47. The topological polar surface area (TPSA) is 103 Å². The molecule has 0 aliphatic carbocycles. The third kappa shape index (κ3) is 6.68. The van der Waals surface area contributed by atoms with Gasteiger partial charge in [-0.1, -0.05) is 13.8 Å². The molecule has 1 aromatic heterocycles. The van der Waals surface area contributed by atoms with Crippen molar-refractivity contribution in [2.45, 2.75) is 90.0 Å². The normalized spacial score (nSPS) is 22.8. The molecular weight excluding hydrogens is 432 g/mol. The average molecular weight is 471 g/mol. The highest BCUT2D eigenvalue weighted by Gasteiger charge is 2.34. The van der Waals surface area contributed by atoms with Crippen molar-refractivity contribution in [3.63, 3.8) is 0 Å². The third-order valence-corrected chi connectivity index (χ3v) is 6.61. The van der Waals surface area contributed by atoms with E-state index in [-0.39, 0.29) is 24.3 Å². The quantitative estimate of drug-likeness (QED) is 0.686. The number of fused-ring (bicyclic) bond motifs is 1. The molecule has 2 aliphatic rings. The van der Waals surface area contributed by atoms with Crippen LogP contribution in [0.3, 0.4) is 0 Å². The Morgan fingerprint density at radius 1 is 1.25 bits per heavy atom. The zero-order valence-corrected chi connectivity index (χ0v) is 20.9. The summed E-state index contributed by atoms with van der Waals surface area (Å²) in [6.45, 7) is 11.3. The molecule has 0 spiro atoms. The second kappa shape index (κ2) is 9.69. The van der Waals surface area contributed by atoms with E-state index in [1.54, 1.807) is 4.90 Å². The first kappa shape index (κ1) is 25.0. The molecule has 32 heavy (non-hydrogen) atoms. The van der Waals surface area contributed by atoms with Gasteiger partial charge in [0, 0.05) is 24.8 Å². The Morgan fingerprint density at radius 2 is 1.91 bits per heavy atom. The highest BCUT2D eigenvalue weighted by atomic mass is 32.2. The van der Waals surface area contributed by atoms with Crippen molar-refractivity contribution in [1.29, 1.82) is 0 Å². The van der Waals surface area contributed by atoms with Gasteiger partial charge in [-0.15, -0.1) is 0 Å². The fourth-order valence-corrected chi connectivity index (χ4v) is 5.07. The summed E-state index contributed by atoms with van der Waals surface area (Å²) >= 11 is 0. The van der Waals surface area contributed by atoms with Gasteiger partial charge < -0.3 is 14.4 Å². The minimum atomic E-state index is -3.35. The lowest BCUT2D eigenvalue weighted by Gasteiger charge is -2.36. The van der Waals surface area contributed by atoms with Crippen LogP contribution in [0, 0.1) is 0 Å². The number of ether oxygens (including phenoxy) is 2. The molecule has 2 atom stereocenters. The van der Waals surface area contributed by atoms with E-state index in [9.17, 15) is 13.2 Å². The Kier molecular flexibility index (Phi) is 7.56. The number of carbonyl (C=O) groups is 1. The zero-order chi connectivity index (χ0) is 23.7. The standard InChI is InChI=1S/C22H38N4O5S/c1-15(2)19-13-16-7-8-18(24-32(6,28)29)20(26(16)23-19)14-30-17-9-11-25(12-10-17)21(27)31-22(3,4)5/h13,15,17-18,20,24H,7-12,14H2,1-6H3/t18-,20-/m0/s1. The largest absolute Gasteiger partial charge is 0.444 e. The molecule has 1 amide bonds. The summed E-state index contributed by atoms with van der Waals surface area (Å²) in [5.41, 5.74) is 1.62. The molecule has 0 aromatic carbocycles. The molecule has 182 valence electrons. The van der Waals surface area contributed by atoms with Crippen molar-refractivity contribution < 1.29 is 22.7 Å². The van der Waals surface area contributed by atoms with Crippen LogP contribution in [0.25, 0.3) is 0 Å². The molecule has 2 aliphatic heterocycles. The maximum atomic E-state index is 12.3. The van der Waals surface area contributed by atoms with Crippen LogP contribution in [0.2, 0.25) is 0 Å². The van der Waals surface area contributed by atoms with E-state index in [0.717, 1.165) is 30.7 Å². The summed E-state index contributed by atoms with van der Waals surface area (Å²) in [4.78, 5) is 14.0. The van der Waals surface area contributed by atoms with E-state index in [0.29, 0.717) is 32.0 Å². The first-order valence-corrected chi connectivity index (χ1v) is 13.4. The summed E-state index contributed by atoms with van der Waals surface area (Å²) in [6.07, 6.45) is 3.84. The summed E-state index contributed by atoms with van der Waals surface area (Å²) in [5.74, 6) is 0.299. The Hall–Kier alpha value is -1.65. The minimum Gasteiger partial charge on any atom is -0.444 e. The van der Waals surface area contributed by atoms with E-state index in [1.165, 1.54) is 6.26 Å². The van der Waals surface area contributed by atoms with Crippen molar-refractivity contribution in [2.75, 3.05) is 26.0 Å². The minimum absolute atomic E-state index is 0.0121. The summed E-state index contributed by atoms with van der Waals surface area (Å²) in [5, 5.41) is 4.78. The lowest BCUT2D eigenvalue weighted by molar-refractivity contribution is -0.0249. The number of amides is 1. The number of sulfonamides is 1. The SMILES string of the molecule is CC(C)c1cc2n(n1)[C@@H](COC1CCN(C(=O)OC(C)(C)C)CC1)[C@@H](NS(C)(=O)=O)CC2. The van der Waals surface area contributed by atoms with Gasteiger partial charge in [0.25, 0.3) is 0 Å². The van der Waals surface area contributed by atoms with Gasteiger partial charge in [-0.2, -0.15) is 5.10 Å². The van der Waals surface area contributed by atoms with E-state index in [4.69, 9.17) is 14.6 Å². The predicted octanol–water partition coefficient (Wildman–Crippen LogP) is 2.83. The number of hydrogen-bond donors (Lipinski definition) is 1. The van der Waals surface area contributed by atoms with E-state index in [1.807, 2.05) is 25.5 Å². The number of aromatic nitrogens is 2. The zero-order valence-electron chi connectivity index (χ0n) is 20.1. The molecule has 1 aromatic rings. The molecular formula is C22H38N4O5S. The predicted molar refractivity (Wildman–Crippen MR) is 122 cm³/mol. The summed E-state index contributed by atoms with van der Waals surface area (Å²) < 4.78 is 40.3. The van der Waals surface area contributed by atoms with Gasteiger partial charge in [0.15, 0.2) is 0 Å². The second-order valence-electron chi connectivity index (χ2n) is 10.3. The number of nitrogens with one attached hydrogen (secondary N) is 1. The Balaban J connectivity index is 1.63. The Labute approximate surface area is 191 Å². The number of rotatable bonds is 6. The van der Waals surface area contributed by atoms with Crippen LogP contribution in [0.1, 0.15) is 77.2 Å². The van der Waals surface area contributed by atoms with Crippen LogP contribution >= 0.6 is 0 Å². The van der Waals surface area contributed by atoms with Crippen molar-refractivity contribution in [2.24, 2.45) is 0 Å². The van der Waals surface area contributed by atoms with Crippen LogP contribution in [-0.2, 0) is 25.9 Å². The molecule has 1 saturated heterocycles. The number of nitrogens with zero attached hydrogens (tertiary/aromatic N) is 3. The molecule has 3 heterocycles. The molecule has 3 rings (SSSR count). The Morgan fingerprint density at radius 3 is 2.47 bits per heavy atom. The number of aryl methyl sites for hydroxylation is 1. The fraction of sp³-hybridized carbons (Fsp3) is 0.818. The second-order valence-corrected chi connectivity index (χ2v) is 12.0. The number of piperidine rings is 1. The van der Waals surface area contributed by atoms with Crippen molar-refractivity contribution in [3.8, 4) is 0 Å². The number of likely N-dealkylation sites (tertiary alicyclic amines) is 1. The fourth-order valence-electron chi connectivity index (χ4n) is 4.24. The van der Waals surface area contributed by atoms with Crippen LogP contribution in [0.4, 0.5) is 4.79 Å². The van der Waals surface area contributed by atoms with Crippen LogP contribution in [0.15, 0.2) is 6.07 Å². The maximum absolute atomic E-state index is 12.3. The lowest BCUT2D eigenvalue weighted by atomic mass is 9.98. The molecule has 9 nitrogen and oxygen atoms in total. The molecule has 10 heteroatoms.